The van der Waals surface area contributed by atoms with Gasteiger partial charge in [0, 0.05) is 10.7 Å². The first kappa shape index (κ1) is 12.8. The molecule has 0 aliphatic heterocycles. The summed E-state index contributed by atoms with van der Waals surface area (Å²) in [6.45, 7) is 0. The summed E-state index contributed by atoms with van der Waals surface area (Å²) >= 11 is 3.22. The van der Waals surface area contributed by atoms with E-state index >= 15 is 0 Å². The van der Waals surface area contributed by atoms with Gasteiger partial charge in [-0.15, -0.1) is 0 Å². The van der Waals surface area contributed by atoms with Crippen LogP contribution in [0.1, 0.15) is 10.4 Å². The third kappa shape index (κ3) is 3.33. The molecule has 1 aromatic rings. The number of halogens is 1. The van der Waals surface area contributed by atoms with Crippen molar-refractivity contribution >= 4 is 27.6 Å². The van der Waals surface area contributed by atoms with Crippen LogP contribution in [0.5, 0.6) is 0 Å². The van der Waals surface area contributed by atoms with Crippen LogP contribution in [0.3, 0.4) is 0 Å². The van der Waals surface area contributed by atoms with Gasteiger partial charge in [-0.3, -0.25) is 0 Å². The quantitative estimate of drug-likeness (QED) is 0.834. The van der Waals surface area contributed by atoms with Gasteiger partial charge in [-0.1, -0.05) is 0 Å². The van der Waals surface area contributed by atoms with E-state index in [4.69, 9.17) is 15.6 Å². The molecule has 0 bridgehead atoms. The summed E-state index contributed by atoms with van der Waals surface area (Å²) in [4.78, 5) is 10.8. The first-order valence-corrected chi connectivity index (χ1v) is 5.17. The zero-order valence-electron chi connectivity index (χ0n) is 8.44. The second-order valence-electron chi connectivity index (χ2n) is 2.93. The molecule has 0 aliphatic carbocycles. The van der Waals surface area contributed by atoms with Crippen LogP contribution < -0.4 is 5.32 Å². The molecule has 0 aliphatic rings. The molecule has 0 aromatic heterocycles. The zero-order chi connectivity index (χ0) is 12.8. The predicted molar refractivity (Wildman–Crippen MR) is 64.0 cm³/mol. The van der Waals surface area contributed by atoms with Crippen molar-refractivity contribution in [2.75, 3.05) is 5.32 Å². The molecule has 5 nitrogen and oxygen atoms in total. The highest BCUT2D eigenvalue weighted by atomic mass is 79.9. The molecule has 0 saturated heterocycles. The Kier molecular flexibility index (Phi) is 4.27. The minimum atomic E-state index is -1.05. The Bertz CT molecular complexity index is 551. The standard InChI is InChI=1S/C11H6BrN3O2/c12-9-2-1-8(11(16)17)3-10(9)15-6-7(4-13)5-14/h1-3,6,15H,(H,16,17). The SMILES string of the molecule is N#CC(C#N)=CNc1cc(C(=O)O)ccc1Br. The van der Waals surface area contributed by atoms with Gasteiger partial charge in [-0.2, -0.15) is 10.5 Å². The highest BCUT2D eigenvalue weighted by Crippen LogP contribution is 2.23. The molecule has 0 spiro atoms. The van der Waals surface area contributed by atoms with E-state index in [1.165, 1.54) is 18.3 Å². The number of nitrogens with zero attached hydrogens (tertiary/aromatic N) is 2. The van der Waals surface area contributed by atoms with Gasteiger partial charge in [0.25, 0.3) is 0 Å². The first-order valence-electron chi connectivity index (χ1n) is 4.38. The average Bonchev–Trinajstić information content (AvgIpc) is 2.32. The second kappa shape index (κ2) is 5.69. The molecule has 6 heteroatoms. The summed E-state index contributed by atoms with van der Waals surface area (Å²) in [5.41, 5.74) is 0.477. The van der Waals surface area contributed by atoms with E-state index in [2.05, 4.69) is 21.2 Å². The van der Waals surface area contributed by atoms with Crippen molar-refractivity contribution < 1.29 is 9.90 Å². The fourth-order valence-corrected chi connectivity index (χ4v) is 1.37. The third-order valence-electron chi connectivity index (χ3n) is 1.83. The number of hydrogen-bond donors (Lipinski definition) is 2. The van der Waals surface area contributed by atoms with Gasteiger partial charge in [-0.25, -0.2) is 4.79 Å². The molecule has 17 heavy (non-hydrogen) atoms. The van der Waals surface area contributed by atoms with E-state index in [1.807, 2.05) is 0 Å². The van der Waals surface area contributed by atoms with Crippen LogP contribution in [-0.2, 0) is 0 Å². The number of aromatic carboxylic acids is 1. The topological polar surface area (TPSA) is 96.9 Å². The Morgan fingerprint density at radius 1 is 1.41 bits per heavy atom. The van der Waals surface area contributed by atoms with Crippen LogP contribution in [0.4, 0.5) is 5.69 Å². The Morgan fingerprint density at radius 3 is 2.59 bits per heavy atom. The Labute approximate surface area is 106 Å². The van der Waals surface area contributed by atoms with E-state index in [9.17, 15) is 4.79 Å². The van der Waals surface area contributed by atoms with Crippen molar-refractivity contribution in [3.8, 4) is 12.1 Å². The van der Waals surface area contributed by atoms with Crippen molar-refractivity contribution in [1.29, 1.82) is 10.5 Å². The van der Waals surface area contributed by atoms with Gasteiger partial charge in [0.05, 0.1) is 11.3 Å². The molecule has 0 saturated carbocycles. The molecule has 0 amide bonds. The summed E-state index contributed by atoms with van der Waals surface area (Å²) in [5, 5.41) is 28.6. The van der Waals surface area contributed by atoms with Gasteiger partial charge < -0.3 is 10.4 Å². The summed E-state index contributed by atoms with van der Waals surface area (Å²) in [6.07, 6.45) is 1.21. The fourth-order valence-electron chi connectivity index (χ4n) is 1.01. The maximum atomic E-state index is 10.8. The van der Waals surface area contributed by atoms with Crippen molar-refractivity contribution in [2.24, 2.45) is 0 Å². The lowest BCUT2D eigenvalue weighted by atomic mass is 10.2. The van der Waals surface area contributed by atoms with Crippen molar-refractivity contribution in [3.63, 3.8) is 0 Å². The van der Waals surface area contributed by atoms with E-state index in [0.29, 0.717) is 10.2 Å². The van der Waals surface area contributed by atoms with Gasteiger partial charge in [0.2, 0.25) is 0 Å². The Balaban J connectivity index is 3.04. The molecule has 1 rings (SSSR count). The number of carboxylic acid groups (broad SMARTS) is 1. The normalized spacial score (nSPS) is 8.65. The van der Waals surface area contributed by atoms with Crippen LogP contribution in [-0.4, -0.2) is 11.1 Å². The summed E-state index contributed by atoms with van der Waals surface area (Å²) in [6, 6.07) is 7.78. The molecule has 0 fully saturated rings. The molecule has 0 radical (unpaired) electrons. The van der Waals surface area contributed by atoms with Crippen molar-refractivity contribution in [3.05, 3.63) is 40.0 Å². The predicted octanol–water partition coefficient (Wildman–Crippen LogP) is 2.49. The van der Waals surface area contributed by atoms with Crippen molar-refractivity contribution in [1.82, 2.24) is 0 Å². The smallest absolute Gasteiger partial charge is 0.335 e. The summed E-state index contributed by atoms with van der Waals surface area (Å²) in [5.74, 6) is -1.05. The zero-order valence-corrected chi connectivity index (χ0v) is 10.0. The number of nitriles is 2. The van der Waals surface area contributed by atoms with Crippen molar-refractivity contribution in [2.45, 2.75) is 0 Å². The van der Waals surface area contributed by atoms with Crippen LogP contribution in [0.2, 0.25) is 0 Å². The molecule has 0 heterocycles. The van der Waals surface area contributed by atoms with Crippen LogP contribution in [0.25, 0.3) is 0 Å². The number of allylic oxidation sites excluding steroid dienone is 1. The van der Waals surface area contributed by atoms with E-state index in [-0.39, 0.29) is 11.1 Å². The number of nitrogens with one attached hydrogen (secondary N) is 1. The fraction of sp³-hybridized carbons (Fsp3) is 0. The molecule has 1 aromatic carbocycles. The lowest BCUT2D eigenvalue weighted by Gasteiger charge is -2.05. The van der Waals surface area contributed by atoms with Crippen LogP contribution in [0, 0.1) is 22.7 Å². The molecular formula is C11H6BrN3O2. The summed E-state index contributed by atoms with van der Waals surface area (Å²) in [7, 11) is 0. The maximum absolute atomic E-state index is 10.8. The molecule has 0 unspecified atom stereocenters. The van der Waals surface area contributed by atoms with Gasteiger partial charge in [-0.05, 0) is 34.1 Å². The highest BCUT2D eigenvalue weighted by molar-refractivity contribution is 9.10. The lowest BCUT2D eigenvalue weighted by molar-refractivity contribution is 0.0697. The Hall–Kier alpha value is -2.31. The van der Waals surface area contributed by atoms with Gasteiger partial charge >= 0.3 is 5.97 Å². The number of carbonyl (C=O) groups is 1. The number of benzene rings is 1. The molecule has 84 valence electrons. The lowest BCUT2D eigenvalue weighted by Crippen LogP contribution is -1.98. The summed E-state index contributed by atoms with van der Waals surface area (Å²) < 4.78 is 0.633. The minimum absolute atomic E-state index is 0.0994. The largest absolute Gasteiger partial charge is 0.478 e. The molecule has 0 atom stereocenters. The maximum Gasteiger partial charge on any atom is 0.335 e. The van der Waals surface area contributed by atoms with E-state index in [0.717, 1.165) is 0 Å². The van der Waals surface area contributed by atoms with Gasteiger partial charge in [0.1, 0.15) is 17.7 Å². The minimum Gasteiger partial charge on any atom is -0.478 e. The van der Waals surface area contributed by atoms with Crippen LogP contribution in [0.15, 0.2) is 34.4 Å². The van der Waals surface area contributed by atoms with Gasteiger partial charge in [0.15, 0.2) is 0 Å². The Morgan fingerprint density at radius 2 is 2.06 bits per heavy atom. The monoisotopic (exact) mass is 291 g/mol. The number of rotatable bonds is 3. The molecular weight excluding hydrogens is 286 g/mol. The highest BCUT2D eigenvalue weighted by Gasteiger charge is 2.06. The molecule has 2 N–H and O–H groups in total. The third-order valence-corrected chi connectivity index (χ3v) is 2.52. The van der Waals surface area contributed by atoms with E-state index in [1.54, 1.807) is 18.2 Å². The number of hydrogen-bond acceptors (Lipinski definition) is 4. The number of anilines is 1. The number of carboxylic acids is 1. The first-order chi connectivity index (χ1) is 8.08. The second-order valence-corrected chi connectivity index (χ2v) is 3.78. The average molecular weight is 292 g/mol. The van der Waals surface area contributed by atoms with Crippen LogP contribution >= 0.6 is 15.9 Å². The van der Waals surface area contributed by atoms with E-state index < -0.39 is 5.97 Å².